The molecule has 2 aliphatic rings. The number of carbonyl (C=O) groups excluding carboxylic acids is 1. The van der Waals surface area contributed by atoms with Gasteiger partial charge in [-0.3, -0.25) is 9.59 Å². The lowest BCUT2D eigenvalue weighted by Gasteiger charge is -2.26. The first-order valence-electron chi connectivity index (χ1n) is 11.4. The van der Waals surface area contributed by atoms with Gasteiger partial charge in [-0.25, -0.2) is 14.8 Å². The van der Waals surface area contributed by atoms with Crippen LogP contribution in [-0.4, -0.2) is 62.1 Å². The fraction of sp³-hybridized carbons (Fsp3) is 0.375. The number of H-pyrrole nitrogens is 1. The largest absolute Gasteiger partial charge is 0.481 e. The van der Waals surface area contributed by atoms with Crippen molar-refractivity contribution < 1.29 is 24.6 Å². The molecule has 35 heavy (non-hydrogen) atoms. The third-order valence-corrected chi connectivity index (χ3v) is 6.01. The van der Waals surface area contributed by atoms with Gasteiger partial charge < -0.3 is 31.1 Å². The molecule has 1 aromatic rings. The second-order valence-corrected chi connectivity index (χ2v) is 8.09. The predicted molar refractivity (Wildman–Crippen MR) is 131 cm³/mol. The van der Waals surface area contributed by atoms with Crippen LogP contribution in [0.3, 0.4) is 0 Å². The molecule has 1 aromatic carbocycles. The summed E-state index contributed by atoms with van der Waals surface area (Å²) in [4.78, 5) is 49.0. The molecule has 0 aliphatic carbocycles. The third kappa shape index (κ3) is 5.86. The molecule has 0 saturated carbocycles. The summed E-state index contributed by atoms with van der Waals surface area (Å²) in [6.45, 7) is 5.54. The second-order valence-electron chi connectivity index (χ2n) is 8.09. The van der Waals surface area contributed by atoms with E-state index in [4.69, 9.17) is 10.8 Å². The van der Waals surface area contributed by atoms with E-state index >= 15 is 0 Å². The SMILES string of the molecule is CCN(CC)c1ccc(C(=O)N[C@@H](CCC(=O)O)C(=O)O)c(N)c1CCc1cnc2[nH]cncc1-2. The van der Waals surface area contributed by atoms with Crippen LogP contribution in [0.5, 0.6) is 0 Å². The molecule has 0 radical (unpaired) electrons. The van der Waals surface area contributed by atoms with Gasteiger partial charge >= 0.3 is 11.9 Å². The molecule has 0 saturated heterocycles. The maximum atomic E-state index is 13.0. The number of carbonyl (C=O) groups is 3. The molecule has 0 unspecified atom stereocenters. The lowest BCUT2D eigenvalue weighted by atomic mass is 9.96. The van der Waals surface area contributed by atoms with E-state index in [1.807, 2.05) is 19.9 Å². The summed E-state index contributed by atoms with van der Waals surface area (Å²) in [6.07, 6.45) is 5.61. The molecule has 2 heterocycles. The van der Waals surface area contributed by atoms with Crippen molar-refractivity contribution >= 4 is 29.2 Å². The van der Waals surface area contributed by atoms with Gasteiger partial charge in [0.1, 0.15) is 11.9 Å². The van der Waals surface area contributed by atoms with Crippen LogP contribution in [0, 0.1) is 0 Å². The number of aliphatic carboxylic acids is 2. The highest BCUT2D eigenvalue weighted by atomic mass is 16.4. The number of aromatic nitrogens is 3. The first kappa shape index (κ1) is 25.5. The van der Waals surface area contributed by atoms with Gasteiger partial charge in [0.05, 0.1) is 11.9 Å². The van der Waals surface area contributed by atoms with E-state index in [1.54, 1.807) is 24.8 Å². The second kappa shape index (κ2) is 11.3. The number of anilines is 2. The third-order valence-electron chi connectivity index (χ3n) is 6.01. The van der Waals surface area contributed by atoms with Gasteiger partial charge in [0.25, 0.3) is 5.91 Å². The summed E-state index contributed by atoms with van der Waals surface area (Å²) in [5, 5.41) is 20.7. The summed E-state index contributed by atoms with van der Waals surface area (Å²) in [5.41, 5.74) is 10.5. The van der Waals surface area contributed by atoms with Gasteiger partial charge in [0.15, 0.2) is 0 Å². The van der Waals surface area contributed by atoms with Crippen molar-refractivity contribution in [2.45, 2.75) is 45.6 Å². The van der Waals surface area contributed by atoms with Crippen LogP contribution in [0.25, 0.3) is 11.4 Å². The summed E-state index contributed by atoms with van der Waals surface area (Å²) in [7, 11) is 0. The minimum atomic E-state index is -1.34. The number of benzene rings is 1. The lowest BCUT2D eigenvalue weighted by Crippen LogP contribution is -2.41. The van der Waals surface area contributed by atoms with E-state index in [0.717, 1.165) is 41.3 Å². The Labute approximate surface area is 202 Å². The Hall–Kier alpha value is -4.15. The van der Waals surface area contributed by atoms with Crippen molar-refractivity contribution in [3.05, 3.63) is 47.5 Å². The van der Waals surface area contributed by atoms with Crippen molar-refractivity contribution in [3.8, 4) is 11.4 Å². The number of carboxylic acids is 2. The molecule has 6 N–H and O–H groups in total. The number of rotatable bonds is 12. The number of fused-ring (bicyclic) bond motifs is 1. The molecule has 11 nitrogen and oxygen atoms in total. The van der Waals surface area contributed by atoms with Crippen molar-refractivity contribution in [2.24, 2.45) is 0 Å². The van der Waals surface area contributed by atoms with Crippen molar-refractivity contribution in [2.75, 3.05) is 23.7 Å². The van der Waals surface area contributed by atoms with Crippen molar-refractivity contribution in [1.29, 1.82) is 0 Å². The van der Waals surface area contributed by atoms with Crippen LogP contribution in [0.4, 0.5) is 11.4 Å². The number of aromatic amines is 1. The fourth-order valence-electron chi connectivity index (χ4n) is 4.10. The Bertz CT molecular complexity index is 1170. The van der Waals surface area contributed by atoms with Crippen LogP contribution in [-0.2, 0) is 22.4 Å². The van der Waals surface area contributed by atoms with E-state index in [-0.39, 0.29) is 24.1 Å². The number of nitrogen functional groups attached to an aromatic ring is 1. The molecular weight excluding hydrogens is 452 g/mol. The molecule has 0 fully saturated rings. The monoisotopic (exact) mass is 482 g/mol. The number of nitrogens with one attached hydrogen (secondary N) is 2. The van der Waals surface area contributed by atoms with Crippen LogP contribution in [0.15, 0.2) is 30.9 Å². The Kier molecular flexibility index (Phi) is 8.24. The topological polar surface area (TPSA) is 175 Å². The first-order chi connectivity index (χ1) is 16.8. The number of hydrogen-bond acceptors (Lipinski definition) is 7. The number of amides is 1. The van der Waals surface area contributed by atoms with E-state index in [2.05, 4.69) is 25.2 Å². The van der Waals surface area contributed by atoms with E-state index in [9.17, 15) is 19.5 Å². The molecule has 2 aliphatic heterocycles. The molecule has 0 bridgehead atoms. The molecule has 11 heteroatoms. The van der Waals surface area contributed by atoms with E-state index in [0.29, 0.717) is 12.8 Å². The Balaban J connectivity index is 1.91. The van der Waals surface area contributed by atoms with Crippen LogP contribution >= 0.6 is 0 Å². The van der Waals surface area contributed by atoms with Crippen LogP contribution in [0.2, 0.25) is 0 Å². The Morgan fingerprint density at radius 1 is 1.14 bits per heavy atom. The summed E-state index contributed by atoms with van der Waals surface area (Å²) >= 11 is 0. The Morgan fingerprint density at radius 2 is 1.89 bits per heavy atom. The molecule has 0 aromatic heterocycles. The average molecular weight is 483 g/mol. The van der Waals surface area contributed by atoms with Crippen molar-refractivity contribution in [1.82, 2.24) is 20.3 Å². The minimum absolute atomic E-state index is 0.151. The Morgan fingerprint density at radius 3 is 2.54 bits per heavy atom. The lowest BCUT2D eigenvalue weighted by molar-refractivity contribution is -0.140. The molecule has 3 rings (SSSR count). The number of aryl methyl sites for hydroxylation is 1. The number of nitrogens with two attached hydrogens (primary N) is 1. The van der Waals surface area contributed by atoms with Gasteiger partial charge in [-0.05, 0) is 56.4 Å². The quantitative estimate of drug-likeness (QED) is 0.242. The van der Waals surface area contributed by atoms with Crippen molar-refractivity contribution in [3.63, 3.8) is 0 Å². The number of hydrogen-bond donors (Lipinski definition) is 5. The highest BCUT2D eigenvalue weighted by Gasteiger charge is 2.25. The maximum Gasteiger partial charge on any atom is 0.326 e. The van der Waals surface area contributed by atoms with Gasteiger partial charge in [-0.2, -0.15) is 0 Å². The smallest absolute Gasteiger partial charge is 0.326 e. The zero-order valence-electron chi connectivity index (χ0n) is 19.7. The minimum Gasteiger partial charge on any atom is -0.481 e. The highest BCUT2D eigenvalue weighted by Crippen LogP contribution is 2.32. The van der Waals surface area contributed by atoms with E-state index < -0.39 is 23.9 Å². The van der Waals surface area contributed by atoms with Gasteiger partial charge in [0.2, 0.25) is 0 Å². The molecule has 186 valence electrons. The number of nitrogens with zero attached hydrogens (tertiary/aromatic N) is 3. The average Bonchev–Trinajstić information content (AvgIpc) is 3.24. The van der Waals surface area contributed by atoms with Gasteiger partial charge in [0, 0.05) is 48.8 Å². The normalized spacial score (nSPS) is 11.8. The number of carboxylic acid groups (broad SMARTS) is 2. The highest BCUT2D eigenvalue weighted by molar-refractivity contribution is 6.02. The zero-order chi connectivity index (χ0) is 25.5. The fourth-order valence-corrected chi connectivity index (χ4v) is 4.10. The van der Waals surface area contributed by atoms with Gasteiger partial charge in [-0.15, -0.1) is 0 Å². The van der Waals surface area contributed by atoms with Crippen LogP contribution in [0.1, 0.15) is 48.2 Å². The van der Waals surface area contributed by atoms with Gasteiger partial charge in [-0.1, -0.05) is 0 Å². The molecule has 1 amide bonds. The summed E-state index contributed by atoms with van der Waals surface area (Å²) in [6, 6.07) is 2.06. The first-order valence-corrected chi connectivity index (χ1v) is 11.4. The molecule has 1 atom stereocenters. The standard InChI is InChI=1S/C24H30N6O5/c1-3-30(4-2)19-9-7-16(23(33)29-18(24(34)35)8-10-20(31)32)21(25)15(19)6-5-14-11-27-22-17(14)12-26-13-28-22/h7,9,11-13,18H,3-6,8,10,25H2,1-2H3,(H,29,33)(H,31,32)(H,34,35)(H,26,27,28)/t18-/m0/s1. The maximum absolute atomic E-state index is 13.0. The zero-order valence-corrected chi connectivity index (χ0v) is 19.7. The van der Waals surface area contributed by atoms with Crippen LogP contribution < -0.4 is 16.0 Å². The predicted octanol–water partition coefficient (Wildman–Crippen LogP) is 2.17. The summed E-state index contributed by atoms with van der Waals surface area (Å²) < 4.78 is 0. The molecule has 0 spiro atoms. The summed E-state index contributed by atoms with van der Waals surface area (Å²) in [5.74, 6) is -2.37. The molecular formula is C24H30N6O5. The van der Waals surface area contributed by atoms with E-state index in [1.165, 1.54) is 0 Å².